The first-order valence-electron chi connectivity index (χ1n) is 9.67. The van der Waals surface area contributed by atoms with E-state index in [1.807, 2.05) is 24.4 Å². The minimum absolute atomic E-state index is 0.0296. The van der Waals surface area contributed by atoms with Crippen molar-refractivity contribution >= 4 is 16.7 Å². The van der Waals surface area contributed by atoms with Crippen LogP contribution in [-0.2, 0) is 9.53 Å². The van der Waals surface area contributed by atoms with Gasteiger partial charge in [-0.05, 0) is 50.7 Å². The molecule has 0 spiro atoms. The van der Waals surface area contributed by atoms with E-state index in [9.17, 15) is 4.79 Å². The first kappa shape index (κ1) is 17.3. The molecule has 26 heavy (non-hydrogen) atoms. The molecule has 1 aliphatic carbocycles. The van der Waals surface area contributed by atoms with E-state index in [0.29, 0.717) is 6.61 Å². The molecule has 1 N–H and O–H groups in total. The first-order chi connectivity index (χ1) is 12.8. The Labute approximate surface area is 154 Å². The van der Waals surface area contributed by atoms with Crippen molar-refractivity contribution in [3.63, 3.8) is 0 Å². The molecule has 2 aliphatic rings. The Morgan fingerprint density at radius 3 is 2.85 bits per heavy atom. The number of carbonyl (C=O) groups excluding carboxylic acids is 1. The molecule has 2 aromatic rings. The third-order valence-electron chi connectivity index (χ3n) is 5.49. The SMILES string of the molecule is O=C(NC1CCC(Oc2cccc3cnccc23)CC1)C1CCCOC1. The standard InChI is InChI=1S/C21H26N2O3/c24-21(16-4-2-12-25-14-16)23-17-6-8-18(9-7-17)26-20-5-1-3-15-13-22-11-10-19(15)20/h1,3,5,10-11,13,16-18H,2,4,6-9,12,14H2,(H,23,24). The Bertz CT molecular complexity index is 745. The predicted octanol–water partition coefficient (Wildman–Crippen LogP) is 3.47. The summed E-state index contributed by atoms with van der Waals surface area (Å²) in [7, 11) is 0. The fourth-order valence-corrected chi connectivity index (χ4v) is 3.97. The Balaban J connectivity index is 1.30. The molecule has 1 saturated heterocycles. The lowest BCUT2D eigenvalue weighted by molar-refractivity contribution is -0.130. The summed E-state index contributed by atoms with van der Waals surface area (Å²) in [5.41, 5.74) is 0. The maximum absolute atomic E-state index is 12.4. The van der Waals surface area contributed by atoms with E-state index in [4.69, 9.17) is 9.47 Å². The third kappa shape index (κ3) is 3.98. The van der Waals surface area contributed by atoms with Gasteiger partial charge in [0, 0.05) is 35.8 Å². The molecule has 5 nitrogen and oxygen atoms in total. The van der Waals surface area contributed by atoms with Crippen molar-refractivity contribution in [2.75, 3.05) is 13.2 Å². The summed E-state index contributed by atoms with van der Waals surface area (Å²) in [4.78, 5) is 16.5. The predicted molar refractivity (Wildman–Crippen MR) is 100 cm³/mol. The monoisotopic (exact) mass is 354 g/mol. The molecule has 4 rings (SSSR count). The minimum atomic E-state index is 0.0296. The number of fused-ring (bicyclic) bond motifs is 1. The Morgan fingerprint density at radius 1 is 1.15 bits per heavy atom. The molecule has 2 heterocycles. The molecule has 1 unspecified atom stereocenters. The zero-order chi connectivity index (χ0) is 17.8. The lowest BCUT2D eigenvalue weighted by Gasteiger charge is -2.31. The summed E-state index contributed by atoms with van der Waals surface area (Å²) in [5.74, 6) is 1.12. The van der Waals surface area contributed by atoms with E-state index in [2.05, 4.69) is 16.4 Å². The average Bonchev–Trinajstić information content (AvgIpc) is 2.70. The zero-order valence-corrected chi connectivity index (χ0v) is 15.0. The summed E-state index contributed by atoms with van der Waals surface area (Å²) in [6.07, 6.45) is 9.67. The summed E-state index contributed by atoms with van der Waals surface area (Å²) < 4.78 is 11.7. The van der Waals surface area contributed by atoms with E-state index in [-0.39, 0.29) is 24.0 Å². The number of benzene rings is 1. The second kappa shape index (κ2) is 8.04. The highest BCUT2D eigenvalue weighted by molar-refractivity contribution is 5.87. The number of hydrogen-bond donors (Lipinski definition) is 1. The number of rotatable bonds is 4. The van der Waals surface area contributed by atoms with Crippen molar-refractivity contribution in [3.8, 4) is 5.75 Å². The van der Waals surface area contributed by atoms with Crippen molar-refractivity contribution < 1.29 is 14.3 Å². The van der Waals surface area contributed by atoms with Crippen LogP contribution in [0, 0.1) is 5.92 Å². The lowest BCUT2D eigenvalue weighted by Crippen LogP contribution is -2.44. The van der Waals surface area contributed by atoms with E-state index in [0.717, 1.165) is 61.7 Å². The second-order valence-corrected chi connectivity index (χ2v) is 7.37. The molecular weight excluding hydrogens is 328 g/mol. The smallest absolute Gasteiger partial charge is 0.225 e. The van der Waals surface area contributed by atoms with Crippen LogP contribution in [0.25, 0.3) is 10.8 Å². The van der Waals surface area contributed by atoms with Crippen LogP contribution < -0.4 is 10.1 Å². The van der Waals surface area contributed by atoms with Crippen molar-refractivity contribution in [3.05, 3.63) is 36.7 Å². The van der Waals surface area contributed by atoms with Gasteiger partial charge in [-0.2, -0.15) is 0 Å². The topological polar surface area (TPSA) is 60.5 Å². The third-order valence-corrected chi connectivity index (χ3v) is 5.49. The molecule has 2 fully saturated rings. The first-order valence-corrected chi connectivity index (χ1v) is 9.67. The molecule has 1 atom stereocenters. The maximum atomic E-state index is 12.4. The minimum Gasteiger partial charge on any atom is -0.490 e. The molecule has 1 saturated carbocycles. The van der Waals surface area contributed by atoms with Crippen LogP contribution in [0.15, 0.2) is 36.7 Å². The number of nitrogens with zero attached hydrogens (tertiary/aromatic N) is 1. The number of hydrogen-bond acceptors (Lipinski definition) is 4. The molecule has 1 aromatic carbocycles. The summed E-state index contributed by atoms with van der Waals surface area (Å²) in [6, 6.07) is 8.36. The highest BCUT2D eigenvalue weighted by Gasteiger charge is 2.27. The van der Waals surface area contributed by atoms with E-state index in [1.165, 1.54) is 0 Å². The van der Waals surface area contributed by atoms with Gasteiger partial charge < -0.3 is 14.8 Å². The van der Waals surface area contributed by atoms with Crippen LogP contribution in [0.2, 0.25) is 0 Å². The summed E-state index contributed by atoms with van der Waals surface area (Å²) in [5, 5.41) is 5.42. The molecule has 1 aromatic heterocycles. The fraction of sp³-hybridized carbons (Fsp3) is 0.524. The molecule has 0 bridgehead atoms. The van der Waals surface area contributed by atoms with Gasteiger partial charge in [0.15, 0.2) is 0 Å². The largest absolute Gasteiger partial charge is 0.490 e. The average molecular weight is 354 g/mol. The number of aromatic nitrogens is 1. The Morgan fingerprint density at radius 2 is 2.04 bits per heavy atom. The molecule has 138 valence electrons. The van der Waals surface area contributed by atoms with Gasteiger partial charge in [0.05, 0.1) is 18.6 Å². The number of nitrogens with one attached hydrogen (secondary N) is 1. The van der Waals surface area contributed by atoms with E-state index >= 15 is 0 Å². The second-order valence-electron chi connectivity index (χ2n) is 7.37. The normalized spacial score (nSPS) is 26.4. The molecule has 1 amide bonds. The van der Waals surface area contributed by atoms with Gasteiger partial charge >= 0.3 is 0 Å². The Hall–Kier alpha value is -2.14. The van der Waals surface area contributed by atoms with Gasteiger partial charge in [0.1, 0.15) is 5.75 Å². The van der Waals surface area contributed by atoms with Crippen molar-refractivity contribution in [1.82, 2.24) is 10.3 Å². The highest BCUT2D eigenvalue weighted by atomic mass is 16.5. The summed E-state index contributed by atoms with van der Waals surface area (Å²) >= 11 is 0. The van der Waals surface area contributed by atoms with Crippen LogP contribution in [0.4, 0.5) is 0 Å². The van der Waals surface area contributed by atoms with Crippen LogP contribution in [-0.4, -0.2) is 36.3 Å². The lowest BCUT2D eigenvalue weighted by atomic mass is 9.92. The number of pyridine rings is 1. The van der Waals surface area contributed by atoms with Crippen LogP contribution >= 0.6 is 0 Å². The van der Waals surface area contributed by atoms with E-state index in [1.54, 1.807) is 6.20 Å². The fourth-order valence-electron chi connectivity index (χ4n) is 3.97. The number of ether oxygens (including phenoxy) is 2. The quantitative estimate of drug-likeness (QED) is 0.913. The number of carbonyl (C=O) groups is 1. The molecule has 5 heteroatoms. The van der Waals surface area contributed by atoms with Crippen molar-refractivity contribution in [2.24, 2.45) is 5.92 Å². The van der Waals surface area contributed by atoms with Gasteiger partial charge in [0.25, 0.3) is 0 Å². The van der Waals surface area contributed by atoms with Crippen molar-refractivity contribution in [2.45, 2.75) is 50.7 Å². The zero-order valence-electron chi connectivity index (χ0n) is 15.0. The maximum Gasteiger partial charge on any atom is 0.225 e. The van der Waals surface area contributed by atoms with Gasteiger partial charge in [-0.3, -0.25) is 9.78 Å². The van der Waals surface area contributed by atoms with Gasteiger partial charge in [-0.25, -0.2) is 0 Å². The molecular formula is C21H26N2O3. The molecule has 1 aliphatic heterocycles. The van der Waals surface area contributed by atoms with Gasteiger partial charge in [0.2, 0.25) is 5.91 Å². The molecule has 0 radical (unpaired) electrons. The highest BCUT2D eigenvalue weighted by Crippen LogP contribution is 2.29. The summed E-state index contributed by atoms with van der Waals surface area (Å²) in [6.45, 7) is 1.36. The number of amides is 1. The van der Waals surface area contributed by atoms with Gasteiger partial charge in [-0.15, -0.1) is 0 Å². The van der Waals surface area contributed by atoms with E-state index < -0.39 is 0 Å². The van der Waals surface area contributed by atoms with Crippen LogP contribution in [0.1, 0.15) is 38.5 Å². The Kier molecular flexibility index (Phi) is 5.34. The van der Waals surface area contributed by atoms with Gasteiger partial charge in [-0.1, -0.05) is 12.1 Å². The van der Waals surface area contributed by atoms with Crippen LogP contribution in [0.3, 0.4) is 0 Å². The van der Waals surface area contributed by atoms with Crippen LogP contribution in [0.5, 0.6) is 5.75 Å². The van der Waals surface area contributed by atoms with Crippen molar-refractivity contribution in [1.29, 1.82) is 0 Å².